The molecule has 0 saturated heterocycles. The van der Waals surface area contributed by atoms with Crippen LogP contribution in [-0.4, -0.2) is 29.6 Å². The zero-order valence-electron chi connectivity index (χ0n) is 8.77. The van der Waals surface area contributed by atoms with E-state index in [0.29, 0.717) is 23.1 Å². The standard InChI is InChI=1S/C9H12N4O2S/c1-2-5-16(14,15)12-7-3-4-8-9(6-7)11-13-10-8/h3-4,6,12H,2,5H2,1H3,(H,10,11,13). The first-order valence-electron chi connectivity index (χ1n) is 4.92. The van der Waals surface area contributed by atoms with E-state index in [2.05, 4.69) is 20.1 Å². The van der Waals surface area contributed by atoms with Gasteiger partial charge in [-0.2, -0.15) is 15.4 Å². The Morgan fingerprint density at radius 2 is 2.06 bits per heavy atom. The first kappa shape index (κ1) is 10.9. The molecule has 1 aromatic heterocycles. The molecule has 2 aromatic rings. The Bertz CT molecular complexity index is 590. The largest absolute Gasteiger partial charge is 0.283 e. The first-order valence-corrected chi connectivity index (χ1v) is 6.57. The highest BCUT2D eigenvalue weighted by Gasteiger charge is 2.09. The SMILES string of the molecule is CCCS(=O)(=O)Nc1ccc2n[nH]nc2c1. The summed E-state index contributed by atoms with van der Waals surface area (Å²) in [4.78, 5) is 0. The van der Waals surface area contributed by atoms with Gasteiger partial charge in [0.1, 0.15) is 11.0 Å². The average molecular weight is 240 g/mol. The lowest BCUT2D eigenvalue weighted by atomic mass is 10.3. The Labute approximate surface area is 93.1 Å². The summed E-state index contributed by atoms with van der Waals surface area (Å²) in [6.45, 7) is 1.82. The number of nitrogens with one attached hydrogen (secondary N) is 2. The molecule has 1 heterocycles. The minimum absolute atomic E-state index is 0.115. The van der Waals surface area contributed by atoms with Crippen molar-refractivity contribution in [1.82, 2.24) is 15.4 Å². The van der Waals surface area contributed by atoms with Crippen molar-refractivity contribution in [2.24, 2.45) is 0 Å². The number of aromatic amines is 1. The Morgan fingerprint density at radius 1 is 1.31 bits per heavy atom. The number of aromatic nitrogens is 3. The summed E-state index contributed by atoms with van der Waals surface area (Å²) < 4.78 is 25.5. The van der Waals surface area contributed by atoms with Crippen molar-refractivity contribution in [3.63, 3.8) is 0 Å². The highest BCUT2D eigenvalue weighted by molar-refractivity contribution is 7.92. The maximum Gasteiger partial charge on any atom is 0.232 e. The maximum absolute atomic E-state index is 11.5. The summed E-state index contributed by atoms with van der Waals surface area (Å²) >= 11 is 0. The van der Waals surface area contributed by atoms with E-state index in [4.69, 9.17) is 0 Å². The van der Waals surface area contributed by atoms with Crippen LogP contribution >= 0.6 is 0 Å². The normalized spacial score (nSPS) is 11.8. The summed E-state index contributed by atoms with van der Waals surface area (Å²) in [7, 11) is -3.24. The lowest BCUT2D eigenvalue weighted by molar-refractivity contribution is 0.600. The van der Waals surface area contributed by atoms with Crippen LogP contribution in [0.5, 0.6) is 0 Å². The predicted molar refractivity (Wildman–Crippen MR) is 61.6 cm³/mol. The predicted octanol–water partition coefficient (Wildman–Crippen LogP) is 1.11. The van der Waals surface area contributed by atoms with Gasteiger partial charge in [-0.05, 0) is 24.6 Å². The molecule has 86 valence electrons. The van der Waals surface area contributed by atoms with Gasteiger partial charge >= 0.3 is 0 Å². The molecule has 6 nitrogen and oxygen atoms in total. The highest BCUT2D eigenvalue weighted by Crippen LogP contribution is 2.16. The first-order chi connectivity index (χ1) is 7.61. The van der Waals surface area contributed by atoms with E-state index < -0.39 is 10.0 Å². The fourth-order valence-corrected chi connectivity index (χ4v) is 2.53. The molecule has 0 spiro atoms. The minimum atomic E-state index is -3.24. The van der Waals surface area contributed by atoms with E-state index in [0.717, 1.165) is 0 Å². The highest BCUT2D eigenvalue weighted by atomic mass is 32.2. The van der Waals surface area contributed by atoms with Crippen molar-refractivity contribution in [3.8, 4) is 0 Å². The summed E-state index contributed by atoms with van der Waals surface area (Å²) in [6.07, 6.45) is 0.585. The molecule has 2 N–H and O–H groups in total. The molecule has 16 heavy (non-hydrogen) atoms. The van der Waals surface area contributed by atoms with Crippen LogP contribution in [0.15, 0.2) is 18.2 Å². The third kappa shape index (κ3) is 2.30. The van der Waals surface area contributed by atoms with Crippen LogP contribution < -0.4 is 4.72 Å². The lowest BCUT2D eigenvalue weighted by Gasteiger charge is -2.05. The molecule has 0 saturated carbocycles. The molecule has 0 aliphatic carbocycles. The molecule has 2 rings (SSSR count). The zero-order valence-corrected chi connectivity index (χ0v) is 9.58. The van der Waals surface area contributed by atoms with Crippen LogP contribution in [0.3, 0.4) is 0 Å². The number of sulfonamides is 1. The molecule has 7 heteroatoms. The second-order valence-electron chi connectivity index (χ2n) is 3.45. The van der Waals surface area contributed by atoms with E-state index in [9.17, 15) is 8.42 Å². The van der Waals surface area contributed by atoms with Gasteiger partial charge < -0.3 is 0 Å². The van der Waals surface area contributed by atoms with Gasteiger partial charge in [0.05, 0.1) is 11.4 Å². The molecule has 0 aliphatic rings. The van der Waals surface area contributed by atoms with Crippen molar-refractivity contribution >= 4 is 26.7 Å². The Kier molecular flexibility index (Phi) is 2.78. The number of rotatable bonds is 4. The van der Waals surface area contributed by atoms with Crippen LogP contribution in [0.1, 0.15) is 13.3 Å². The molecule has 0 aliphatic heterocycles. The third-order valence-corrected chi connectivity index (χ3v) is 3.55. The van der Waals surface area contributed by atoms with E-state index >= 15 is 0 Å². The van der Waals surface area contributed by atoms with E-state index in [1.54, 1.807) is 18.2 Å². The zero-order chi connectivity index (χ0) is 11.6. The Morgan fingerprint density at radius 3 is 2.81 bits per heavy atom. The van der Waals surface area contributed by atoms with E-state index in [1.165, 1.54) is 0 Å². The van der Waals surface area contributed by atoms with E-state index in [1.807, 2.05) is 6.92 Å². The molecular weight excluding hydrogens is 228 g/mol. The molecule has 0 unspecified atom stereocenters. The molecule has 0 amide bonds. The second kappa shape index (κ2) is 4.09. The number of H-pyrrole nitrogens is 1. The van der Waals surface area contributed by atoms with Crippen molar-refractivity contribution in [3.05, 3.63) is 18.2 Å². The minimum Gasteiger partial charge on any atom is -0.283 e. The Hall–Kier alpha value is -1.63. The second-order valence-corrected chi connectivity index (χ2v) is 5.29. The third-order valence-electron chi connectivity index (χ3n) is 2.06. The van der Waals surface area contributed by atoms with Gasteiger partial charge in [0.2, 0.25) is 10.0 Å². The van der Waals surface area contributed by atoms with Crippen LogP contribution in [0, 0.1) is 0 Å². The van der Waals surface area contributed by atoms with Gasteiger partial charge in [0.25, 0.3) is 0 Å². The molecule has 1 aromatic carbocycles. The van der Waals surface area contributed by atoms with Gasteiger partial charge in [-0.15, -0.1) is 0 Å². The number of hydrogen-bond acceptors (Lipinski definition) is 4. The smallest absolute Gasteiger partial charge is 0.232 e. The average Bonchev–Trinajstić information content (AvgIpc) is 2.63. The van der Waals surface area contributed by atoms with Gasteiger partial charge in [-0.1, -0.05) is 6.92 Å². The van der Waals surface area contributed by atoms with Crippen LogP contribution in [0.25, 0.3) is 11.0 Å². The molecular formula is C9H12N4O2S. The number of nitrogens with zero attached hydrogens (tertiary/aromatic N) is 2. The van der Waals surface area contributed by atoms with Gasteiger partial charge in [0.15, 0.2) is 0 Å². The van der Waals surface area contributed by atoms with Crippen molar-refractivity contribution in [1.29, 1.82) is 0 Å². The molecule has 0 bridgehead atoms. The summed E-state index contributed by atoms with van der Waals surface area (Å²) in [5.41, 5.74) is 1.85. The van der Waals surface area contributed by atoms with Crippen LogP contribution in [0.2, 0.25) is 0 Å². The quantitative estimate of drug-likeness (QED) is 0.838. The van der Waals surface area contributed by atoms with Crippen molar-refractivity contribution in [2.75, 3.05) is 10.5 Å². The lowest BCUT2D eigenvalue weighted by Crippen LogP contribution is -2.15. The maximum atomic E-state index is 11.5. The number of fused-ring (bicyclic) bond motifs is 1. The fourth-order valence-electron chi connectivity index (χ4n) is 1.40. The summed E-state index contributed by atoms with van der Waals surface area (Å²) in [5, 5.41) is 10.2. The van der Waals surface area contributed by atoms with E-state index in [-0.39, 0.29) is 5.75 Å². The summed E-state index contributed by atoms with van der Waals surface area (Å²) in [5.74, 6) is 0.115. The van der Waals surface area contributed by atoms with Crippen LogP contribution in [-0.2, 0) is 10.0 Å². The molecule has 0 atom stereocenters. The summed E-state index contributed by atoms with van der Waals surface area (Å²) in [6, 6.07) is 5.02. The van der Waals surface area contributed by atoms with Gasteiger partial charge in [0, 0.05) is 0 Å². The van der Waals surface area contributed by atoms with Crippen molar-refractivity contribution in [2.45, 2.75) is 13.3 Å². The van der Waals surface area contributed by atoms with Crippen molar-refractivity contribution < 1.29 is 8.42 Å². The molecule has 0 fully saturated rings. The van der Waals surface area contributed by atoms with Crippen LogP contribution in [0.4, 0.5) is 5.69 Å². The fraction of sp³-hybridized carbons (Fsp3) is 0.333. The number of anilines is 1. The van der Waals surface area contributed by atoms with Gasteiger partial charge in [-0.25, -0.2) is 8.42 Å². The number of hydrogen-bond donors (Lipinski definition) is 2. The molecule has 0 radical (unpaired) electrons. The topological polar surface area (TPSA) is 87.7 Å². The van der Waals surface area contributed by atoms with Gasteiger partial charge in [-0.3, -0.25) is 4.72 Å². The monoisotopic (exact) mass is 240 g/mol. The Balaban J connectivity index is 2.27. The number of benzene rings is 1.